The van der Waals surface area contributed by atoms with Gasteiger partial charge in [-0.15, -0.1) is 0 Å². The van der Waals surface area contributed by atoms with E-state index in [-0.39, 0.29) is 11.9 Å². The number of aliphatic imine (C=N–C) groups is 2. The van der Waals surface area contributed by atoms with Crippen LogP contribution in [0.4, 0.5) is 0 Å². The van der Waals surface area contributed by atoms with Crippen molar-refractivity contribution in [3.63, 3.8) is 0 Å². The zero-order valence-electron chi connectivity index (χ0n) is 9.31. The van der Waals surface area contributed by atoms with Crippen molar-refractivity contribution in [2.24, 2.45) is 27.2 Å². The van der Waals surface area contributed by atoms with Gasteiger partial charge >= 0.3 is 0 Å². The van der Waals surface area contributed by atoms with E-state index in [0.29, 0.717) is 19.8 Å². The predicted molar refractivity (Wildman–Crippen MR) is 61.7 cm³/mol. The van der Waals surface area contributed by atoms with Crippen molar-refractivity contribution < 1.29 is 4.74 Å². The molecule has 0 aliphatic rings. The first-order chi connectivity index (χ1) is 7.02. The van der Waals surface area contributed by atoms with Crippen LogP contribution < -0.4 is 17.2 Å². The summed E-state index contributed by atoms with van der Waals surface area (Å²) >= 11 is 0. The number of nitrogens with two attached hydrogens (primary N) is 3. The highest BCUT2D eigenvalue weighted by molar-refractivity contribution is 5.92. The summed E-state index contributed by atoms with van der Waals surface area (Å²) < 4.78 is 5.28. The predicted octanol–water partition coefficient (Wildman–Crippen LogP) is -1.85. The second-order valence-electron chi connectivity index (χ2n) is 3.19. The van der Waals surface area contributed by atoms with E-state index < -0.39 is 0 Å². The SMILES string of the molecule is CN(C)CCOCCN=C(N)N=C(N)N. The molecule has 0 fully saturated rings. The van der Waals surface area contributed by atoms with Crippen LogP contribution in [0.3, 0.4) is 0 Å². The molecule has 0 radical (unpaired) electrons. The van der Waals surface area contributed by atoms with Crippen molar-refractivity contribution in [3.8, 4) is 0 Å². The van der Waals surface area contributed by atoms with Crippen LogP contribution >= 0.6 is 0 Å². The van der Waals surface area contributed by atoms with Gasteiger partial charge in [0.15, 0.2) is 5.96 Å². The number of hydrogen-bond donors (Lipinski definition) is 3. The average molecular weight is 216 g/mol. The van der Waals surface area contributed by atoms with Gasteiger partial charge in [0.1, 0.15) is 0 Å². The molecule has 0 saturated carbocycles. The Morgan fingerprint density at radius 1 is 1.20 bits per heavy atom. The van der Waals surface area contributed by atoms with Gasteiger partial charge in [-0.3, -0.25) is 0 Å². The molecule has 0 unspecified atom stereocenters. The second-order valence-corrected chi connectivity index (χ2v) is 3.19. The van der Waals surface area contributed by atoms with Crippen LogP contribution in [0.5, 0.6) is 0 Å². The number of rotatable bonds is 6. The van der Waals surface area contributed by atoms with Crippen molar-refractivity contribution in [2.75, 3.05) is 40.4 Å². The van der Waals surface area contributed by atoms with Crippen molar-refractivity contribution in [2.45, 2.75) is 0 Å². The Labute approximate surface area is 90.0 Å². The molecule has 0 aromatic heterocycles. The highest BCUT2D eigenvalue weighted by Gasteiger charge is 1.91. The fraction of sp³-hybridized carbons (Fsp3) is 0.750. The highest BCUT2D eigenvalue weighted by Crippen LogP contribution is 1.80. The van der Waals surface area contributed by atoms with Crippen molar-refractivity contribution in [3.05, 3.63) is 0 Å². The van der Waals surface area contributed by atoms with Crippen LogP contribution in [-0.4, -0.2) is 57.2 Å². The molecule has 0 spiro atoms. The van der Waals surface area contributed by atoms with E-state index in [1.54, 1.807) is 0 Å². The summed E-state index contributed by atoms with van der Waals surface area (Å²) in [4.78, 5) is 9.49. The molecule has 0 aliphatic carbocycles. The molecule has 0 saturated heterocycles. The van der Waals surface area contributed by atoms with Crippen LogP contribution in [0.25, 0.3) is 0 Å². The summed E-state index contributed by atoms with van der Waals surface area (Å²) in [6, 6.07) is 0. The molecule has 0 amide bonds. The third-order valence-corrected chi connectivity index (χ3v) is 1.44. The van der Waals surface area contributed by atoms with Gasteiger partial charge in [-0.05, 0) is 14.1 Å². The molecular formula is C8H20N6O. The van der Waals surface area contributed by atoms with Crippen molar-refractivity contribution in [1.29, 1.82) is 0 Å². The van der Waals surface area contributed by atoms with E-state index in [9.17, 15) is 0 Å². The molecule has 0 aromatic rings. The first-order valence-corrected chi connectivity index (χ1v) is 4.64. The molecule has 0 aliphatic heterocycles. The summed E-state index contributed by atoms with van der Waals surface area (Å²) in [5.41, 5.74) is 15.6. The highest BCUT2D eigenvalue weighted by atomic mass is 16.5. The van der Waals surface area contributed by atoms with Gasteiger partial charge in [0.25, 0.3) is 0 Å². The summed E-state index contributed by atoms with van der Waals surface area (Å²) in [6.45, 7) is 2.52. The number of likely N-dealkylation sites (N-methyl/N-ethyl adjacent to an activating group) is 1. The maximum atomic E-state index is 5.38. The van der Waals surface area contributed by atoms with Gasteiger partial charge in [0.2, 0.25) is 5.96 Å². The van der Waals surface area contributed by atoms with E-state index >= 15 is 0 Å². The fourth-order valence-electron chi connectivity index (χ4n) is 0.742. The summed E-state index contributed by atoms with van der Waals surface area (Å²) in [7, 11) is 3.97. The maximum absolute atomic E-state index is 5.38. The van der Waals surface area contributed by atoms with Crippen LogP contribution in [0.1, 0.15) is 0 Å². The smallest absolute Gasteiger partial charge is 0.218 e. The normalized spacial score (nSPS) is 11.8. The van der Waals surface area contributed by atoms with Gasteiger partial charge in [-0.25, -0.2) is 4.99 Å². The lowest BCUT2D eigenvalue weighted by Crippen LogP contribution is -2.26. The number of guanidine groups is 2. The fourth-order valence-corrected chi connectivity index (χ4v) is 0.742. The largest absolute Gasteiger partial charge is 0.378 e. The number of hydrogen-bond acceptors (Lipinski definition) is 3. The van der Waals surface area contributed by atoms with Gasteiger partial charge < -0.3 is 26.8 Å². The first kappa shape index (κ1) is 13.7. The maximum Gasteiger partial charge on any atom is 0.218 e. The Morgan fingerprint density at radius 3 is 2.40 bits per heavy atom. The van der Waals surface area contributed by atoms with E-state index in [1.165, 1.54) is 0 Å². The minimum atomic E-state index is -0.0928. The topological polar surface area (TPSA) is 115 Å². The van der Waals surface area contributed by atoms with Crippen LogP contribution in [-0.2, 0) is 4.74 Å². The Kier molecular flexibility index (Phi) is 7.29. The molecule has 0 atom stereocenters. The van der Waals surface area contributed by atoms with Crippen molar-refractivity contribution in [1.82, 2.24) is 4.90 Å². The molecular weight excluding hydrogens is 196 g/mol. The van der Waals surface area contributed by atoms with Gasteiger partial charge in [-0.2, -0.15) is 4.99 Å². The van der Waals surface area contributed by atoms with E-state index in [2.05, 4.69) is 9.98 Å². The van der Waals surface area contributed by atoms with Gasteiger partial charge in [0, 0.05) is 6.54 Å². The average Bonchev–Trinajstić information content (AvgIpc) is 2.09. The molecule has 6 N–H and O–H groups in total. The molecule has 15 heavy (non-hydrogen) atoms. The van der Waals surface area contributed by atoms with Gasteiger partial charge in [0.05, 0.1) is 19.8 Å². The quantitative estimate of drug-likeness (QED) is 0.274. The minimum Gasteiger partial charge on any atom is -0.378 e. The molecule has 0 bridgehead atoms. The zero-order valence-corrected chi connectivity index (χ0v) is 9.31. The monoisotopic (exact) mass is 216 g/mol. The minimum absolute atomic E-state index is 0.0752. The Balaban J connectivity index is 3.49. The lowest BCUT2D eigenvalue weighted by molar-refractivity contribution is 0.124. The lowest BCUT2D eigenvalue weighted by atomic mass is 10.6. The summed E-state index contributed by atoms with van der Waals surface area (Å²) in [5, 5.41) is 0. The Bertz CT molecular complexity index is 221. The Morgan fingerprint density at radius 2 is 1.87 bits per heavy atom. The summed E-state index contributed by atoms with van der Waals surface area (Å²) in [5.74, 6) is -0.0176. The molecule has 0 aromatic carbocycles. The second kappa shape index (κ2) is 8.01. The lowest BCUT2D eigenvalue weighted by Gasteiger charge is -2.08. The third kappa shape index (κ3) is 10.6. The third-order valence-electron chi connectivity index (χ3n) is 1.44. The zero-order chi connectivity index (χ0) is 11.7. The first-order valence-electron chi connectivity index (χ1n) is 4.64. The Hall–Kier alpha value is -1.34. The molecule has 88 valence electrons. The number of nitrogens with zero attached hydrogens (tertiary/aromatic N) is 3. The van der Waals surface area contributed by atoms with Crippen LogP contribution in [0.2, 0.25) is 0 Å². The molecule has 7 heteroatoms. The number of ether oxygens (including phenoxy) is 1. The van der Waals surface area contributed by atoms with Crippen LogP contribution in [0, 0.1) is 0 Å². The molecule has 0 rings (SSSR count). The molecule has 7 nitrogen and oxygen atoms in total. The summed E-state index contributed by atoms with van der Waals surface area (Å²) in [6.07, 6.45) is 0. The van der Waals surface area contributed by atoms with Crippen LogP contribution in [0.15, 0.2) is 9.98 Å². The standard InChI is InChI=1S/C8H20N6O/c1-14(2)4-6-15-5-3-12-8(11)13-7(9)10/h3-6H2,1-2H3,(H6,9,10,11,12,13). The van der Waals surface area contributed by atoms with E-state index in [4.69, 9.17) is 21.9 Å². The van der Waals surface area contributed by atoms with Crippen molar-refractivity contribution >= 4 is 11.9 Å². The van der Waals surface area contributed by atoms with E-state index in [0.717, 1.165) is 6.54 Å². The van der Waals surface area contributed by atoms with Gasteiger partial charge in [-0.1, -0.05) is 0 Å². The molecule has 0 heterocycles. The van der Waals surface area contributed by atoms with E-state index in [1.807, 2.05) is 19.0 Å².